The van der Waals surface area contributed by atoms with E-state index in [9.17, 15) is 14.3 Å². The number of aliphatic hydroxyl groups is 1. The van der Waals surface area contributed by atoms with Gasteiger partial charge in [0, 0.05) is 5.56 Å². The molecule has 2 aromatic rings. The average Bonchev–Trinajstić information content (AvgIpc) is 2.91. The molecule has 5 nitrogen and oxygen atoms in total. The van der Waals surface area contributed by atoms with E-state index in [2.05, 4.69) is 4.98 Å². The highest BCUT2D eigenvalue weighted by molar-refractivity contribution is 8.00. The standard InChI is InChI=1S/C16H19FN2O3S/c1-3-22-15(21)11(2)23-16-18-8-13(10-20)19(16)9-12-6-4-5-7-14(12)17/h4-8,11,20H,3,9-10H2,1-2H3. The van der Waals surface area contributed by atoms with Gasteiger partial charge in [0.2, 0.25) is 0 Å². The van der Waals surface area contributed by atoms with E-state index >= 15 is 0 Å². The van der Waals surface area contributed by atoms with E-state index in [0.29, 0.717) is 23.0 Å². The van der Waals surface area contributed by atoms with Crippen LogP contribution in [0.3, 0.4) is 0 Å². The summed E-state index contributed by atoms with van der Waals surface area (Å²) in [7, 11) is 0. The number of rotatable bonds is 7. The molecule has 0 aliphatic carbocycles. The maximum atomic E-state index is 13.9. The van der Waals surface area contributed by atoms with Crippen LogP contribution in [0.25, 0.3) is 0 Å². The van der Waals surface area contributed by atoms with Crippen molar-refractivity contribution in [3.63, 3.8) is 0 Å². The summed E-state index contributed by atoms with van der Waals surface area (Å²) in [4.78, 5) is 16.0. The van der Waals surface area contributed by atoms with Gasteiger partial charge in [-0.1, -0.05) is 30.0 Å². The highest BCUT2D eigenvalue weighted by Gasteiger charge is 2.20. The summed E-state index contributed by atoms with van der Waals surface area (Å²) in [6.07, 6.45) is 1.53. The van der Waals surface area contributed by atoms with Gasteiger partial charge in [0.25, 0.3) is 0 Å². The van der Waals surface area contributed by atoms with Gasteiger partial charge >= 0.3 is 5.97 Å². The third kappa shape index (κ3) is 4.33. The number of benzene rings is 1. The number of ether oxygens (including phenoxy) is 1. The molecule has 0 bridgehead atoms. The van der Waals surface area contributed by atoms with Crippen LogP contribution < -0.4 is 0 Å². The van der Waals surface area contributed by atoms with Gasteiger partial charge in [-0.3, -0.25) is 4.79 Å². The minimum atomic E-state index is -0.441. The van der Waals surface area contributed by atoms with Gasteiger partial charge in [-0.2, -0.15) is 0 Å². The van der Waals surface area contributed by atoms with Crippen molar-refractivity contribution in [1.82, 2.24) is 9.55 Å². The number of hydrogen-bond acceptors (Lipinski definition) is 5. The molecule has 1 atom stereocenters. The summed E-state index contributed by atoms with van der Waals surface area (Å²) in [5.41, 5.74) is 1.05. The Balaban J connectivity index is 2.23. The zero-order valence-corrected chi connectivity index (χ0v) is 13.8. The molecule has 1 aromatic heterocycles. The number of carbonyl (C=O) groups excluding carboxylic acids is 1. The summed E-state index contributed by atoms with van der Waals surface area (Å²) < 4.78 is 20.6. The van der Waals surface area contributed by atoms with Gasteiger partial charge in [0.05, 0.1) is 31.6 Å². The zero-order chi connectivity index (χ0) is 16.8. The van der Waals surface area contributed by atoms with Crippen molar-refractivity contribution >= 4 is 17.7 Å². The van der Waals surface area contributed by atoms with Crippen molar-refractivity contribution in [2.75, 3.05) is 6.61 Å². The highest BCUT2D eigenvalue weighted by Crippen LogP contribution is 2.25. The van der Waals surface area contributed by atoms with Crippen molar-refractivity contribution in [3.05, 3.63) is 47.5 Å². The SMILES string of the molecule is CCOC(=O)C(C)Sc1ncc(CO)n1Cc1ccccc1F. The van der Waals surface area contributed by atoms with Gasteiger partial charge in [-0.15, -0.1) is 0 Å². The van der Waals surface area contributed by atoms with Gasteiger partial charge in [0.1, 0.15) is 11.1 Å². The van der Waals surface area contributed by atoms with Gasteiger partial charge in [-0.05, 0) is 19.9 Å². The van der Waals surface area contributed by atoms with E-state index in [1.165, 1.54) is 24.0 Å². The topological polar surface area (TPSA) is 64.3 Å². The van der Waals surface area contributed by atoms with Crippen molar-refractivity contribution in [1.29, 1.82) is 0 Å². The number of halogens is 1. The molecule has 124 valence electrons. The first kappa shape index (κ1) is 17.5. The Kier molecular flexibility index (Phi) is 6.18. The molecule has 0 saturated heterocycles. The fourth-order valence-corrected chi connectivity index (χ4v) is 2.95. The molecular weight excluding hydrogens is 319 g/mol. The van der Waals surface area contributed by atoms with Crippen LogP contribution in [-0.4, -0.2) is 32.5 Å². The van der Waals surface area contributed by atoms with Gasteiger partial charge in [0.15, 0.2) is 5.16 Å². The second-order valence-corrected chi connectivity index (χ2v) is 6.19. The predicted molar refractivity (Wildman–Crippen MR) is 85.6 cm³/mol. The van der Waals surface area contributed by atoms with E-state index in [0.717, 1.165) is 0 Å². The molecule has 1 N–H and O–H groups in total. The van der Waals surface area contributed by atoms with Gasteiger partial charge < -0.3 is 14.4 Å². The Morgan fingerprint density at radius 1 is 1.48 bits per heavy atom. The van der Waals surface area contributed by atoms with Crippen LogP contribution in [0.4, 0.5) is 4.39 Å². The predicted octanol–water partition coefficient (Wildman–Crippen LogP) is 2.61. The molecule has 2 rings (SSSR count). The van der Waals surface area contributed by atoms with Crippen LogP contribution >= 0.6 is 11.8 Å². The molecule has 0 aliphatic heterocycles. The van der Waals surface area contributed by atoms with Crippen molar-refractivity contribution in [3.8, 4) is 0 Å². The quantitative estimate of drug-likeness (QED) is 0.621. The van der Waals surface area contributed by atoms with Crippen LogP contribution in [0, 0.1) is 5.82 Å². The number of hydrogen-bond donors (Lipinski definition) is 1. The summed E-state index contributed by atoms with van der Waals surface area (Å²) >= 11 is 1.22. The van der Waals surface area contributed by atoms with E-state index in [-0.39, 0.29) is 24.9 Å². The van der Waals surface area contributed by atoms with Crippen LogP contribution in [0.5, 0.6) is 0 Å². The largest absolute Gasteiger partial charge is 0.465 e. The molecule has 1 unspecified atom stereocenters. The Bertz CT molecular complexity index is 675. The molecule has 23 heavy (non-hydrogen) atoms. The number of imidazole rings is 1. The molecule has 0 aliphatic rings. The first-order valence-corrected chi connectivity index (χ1v) is 8.16. The van der Waals surface area contributed by atoms with E-state index < -0.39 is 5.25 Å². The Morgan fingerprint density at radius 3 is 2.87 bits per heavy atom. The van der Waals surface area contributed by atoms with E-state index in [1.54, 1.807) is 36.6 Å². The van der Waals surface area contributed by atoms with Gasteiger partial charge in [-0.25, -0.2) is 9.37 Å². The molecule has 0 radical (unpaired) electrons. The van der Waals surface area contributed by atoms with Crippen LogP contribution in [0.1, 0.15) is 25.1 Å². The number of aromatic nitrogens is 2. The maximum absolute atomic E-state index is 13.9. The van der Waals surface area contributed by atoms with E-state index in [4.69, 9.17) is 4.74 Å². The summed E-state index contributed by atoms with van der Waals surface area (Å²) in [5.74, 6) is -0.650. The third-order valence-electron chi connectivity index (χ3n) is 3.25. The van der Waals surface area contributed by atoms with E-state index in [1.807, 2.05) is 0 Å². The molecule has 1 heterocycles. The second-order valence-electron chi connectivity index (χ2n) is 4.88. The lowest BCUT2D eigenvalue weighted by Crippen LogP contribution is -2.18. The summed E-state index contributed by atoms with van der Waals surface area (Å²) in [5, 5.41) is 9.55. The maximum Gasteiger partial charge on any atom is 0.319 e. The monoisotopic (exact) mass is 338 g/mol. The minimum Gasteiger partial charge on any atom is -0.465 e. The lowest BCUT2D eigenvalue weighted by atomic mass is 10.2. The second kappa shape index (κ2) is 8.12. The lowest BCUT2D eigenvalue weighted by Gasteiger charge is -2.14. The lowest BCUT2D eigenvalue weighted by molar-refractivity contribution is -0.142. The fourth-order valence-electron chi connectivity index (χ4n) is 2.04. The normalized spacial score (nSPS) is 12.2. The molecule has 0 amide bonds. The van der Waals surface area contributed by atoms with Crippen molar-refractivity contribution in [2.24, 2.45) is 0 Å². The third-order valence-corrected chi connectivity index (χ3v) is 4.33. The average molecular weight is 338 g/mol. The summed E-state index contributed by atoms with van der Waals surface area (Å²) in [6.45, 7) is 3.81. The number of nitrogens with zero attached hydrogens (tertiary/aromatic N) is 2. The minimum absolute atomic E-state index is 0.212. The smallest absolute Gasteiger partial charge is 0.319 e. The van der Waals surface area contributed by atoms with Crippen molar-refractivity contribution < 1.29 is 19.0 Å². The number of thioether (sulfide) groups is 1. The van der Waals surface area contributed by atoms with Crippen molar-refractivity contribution in [2.45, 2.75) is 37.4 Å². The first-order chi connectivity index (χ1) is 11.1. The summed E-state index contributed by atoms with van der Waals surface area (Å²) in [6, 6.07) is 6.44. The van der Waals surface area contributed by atoms with Crippen LogP contribution in [-0.2, 0) is 22.7 Å². The Morgan fingerprint density at radius 2 is 2.22 bits per heavy atom. The highest BCUT2D eigenvalue weighted by atomic mass is 32.2. The number of carbonyl (C=O) groups is 1. The zero-order valence-electron chi connectivity index (χ0n) is 13.0. The van der Waals surface area contributed by atoms with Crippen LogP contribution in [0.15, 0.2) is 35.6 Å². The Labute approximate surface area is 138 Å². The molecule has 0 saturated carbocycles. The molecule has 1 aromatic carbocycles. The first-order valence-electron chi connectivity index (χ1n) is 7.28. The molecule has 7 heteroatoms. The number of aliphatic hydroxyl groups excluding tert-OH is 1. The molecule has 0 fully saturated rings. The van der Waals surface area contributed by atoms with Crippen LogP contribution in [0.2, 0.25) is 0 Å². The number of esters is 1. The Hall–Kier alpha value is -1.86. The molecular formula is C16H19FN2O3S. The fraction of sp³-hybridized carbons (Fsp3) is 0.375. The molecule has 0 spiro atoms.